The number of carbonyl (C=O) groups is 1. The number of halogens is 2. The van der Waals surface area contributed by atoms with Crippen LogP contribution in [0.25, 0.3) is 0 Å². The van der Waals surface area contributed by atoms with E-state index in [1.165, 1.54) is 0 Å². The first-order valence-electron chi connectivity index (χ1n) is 6.10. The third-order valence-corrected chi connectivity index (χ3v) is 4.04. The first kappa shape index (κ1) is 14.3. The van der Waals surface area contributed by atoms with Crippen LogP contribution in [0.1, 0.15) is 29.5 Å². The van der Waals surface area contributed by atoms with Crippen LogP contribution in [0.4, 0.5) is 0 Å². The van der Waals surface area contributed by atoms with Gasteiger partial charge in [-0.2, -0.15) is 0 Å². The molecule has 0 radical (unpaired) electrons. The van der Waals surface area contributed by atoms with E-state index in [4.69, 9.17) is 11.6 Å². The van der Waals surface area contributed by atoms with Gasteiger partial charge in [0, 0.05) is 29.0 Å². The minimum Gasteiger partial charge on any atom is -0.335 e. The van der Waals surface area contributed by atoms with E-state index in [2.05, 4.69) is 27.8 Å². The number of hydrogen-bond acceptors (Lipinski definition) is 2. The van der Waals surface area contributed by atoms with Gasteiger partial charge >= 0.3 is 0 Å². The molecule has 100 valence electrons. The molecule has 0 saturated heterocycles. The number of Topliss-reactive ketones (excluding diaryl/α,β-unsaturated/α-hetero) is 1. The largest absolute Gasteiger partial charge is 0.335 e. The molecule has 19 heavy (non-hydrogen) atoms. The van der Waals surface area contributed by atoms with Gasteiger partial charge in [0.2, 0.25) is 0 Å². The van der Waals surface area contributed by atoms with Gasteiger partial charge in [0.05, 0.1) is 11.4 Å². The third-order valence-electron chi connectivity index (χ3n) is 2.83. The van der Waals surface area contributed by atoms with Crippen LogP contribution in [0.2, 0.25) is 5.02 Å². The molecule has 1 aromatic carbocycles. The van der Waals surface area contributed by atoms with Gasteiger partial charge in [-0.25, -0.2) is 4.98 Å². The Morgan fingerprint density at radius 3 is 2.95 bits per heavy atom. The van der Waals surface area contributed by atoms with Gasteiger partial charge < -0.3 is 4.57 Å². The molecule has 0 fully saturated rings. The van der Waals surface area contributed by atoms with E-state index in [1.54, 1.807) is 24.4 Å². The summed E-state index contributed by atoms with van der Waals surface area (Å²) in [5.41, 5.74) is 0.641. The average Bonchev–Trinajstić information content (AvgIpc) is 2.80. The van der Waals surface area contributed by atoms with E-state index < -0.39 is 0 Å². The second kappa shape index (κ2) is 6.35. The van der Waals surface area contributed by atoms with Gasteiger partial charge in [0.1, 0.15) is 5.82 Å². The van der Waals surface area contributed by atoms with Gasteiger partial charge in [-0.15, -0.1) is 0 Å². The highest BCUT2D eigenvalue weighted by atomic mass is 79.9. The second-order valence-corrected chi connectivity index (χ2v) is 5.53. The van der Waals surface area contributed by atoms with E-state index in [-0.39, 0.29) is 5.78 Å². The Labute approximate surface area is 125 Å². The molecule has 2 aromatic rings. The van der Waals surface area contributed by atoms with Crippen LogP contribution >= 0.6 is 27.5 Å². The molecule has 0 aliphatic rings. The molecular formula is C14H14BrClN2O. The maximum atomic E-state index is 12.2. The summed E-state index contributed by atoms with van der Waals surface area (Å²) in [4.78, 5) is 16.5. The Morgan fingerprint density at radius 2 is 2.26 bits per heavy atom. The van der Waals surface area contributed by atoms with Crippen molar-refractivity contribution in [3.05, 3.63) is 51.5 Å². The normalized spacial score (nSPS) is 10.7. The molecule has 0 unspecified atom stereocenters. The molecule has 3 nitrogen and oxygen atoms in total. The fraction of sp³-hybridized carbons (Fsp3) is 0.286. The van der Waals surface area contributed by atoms with Gasteiger partial charge in [-0.05, 0) is 40.5 Å². The summed E-state index contributed by atoms with van der Waals surface area (Å²) in [6, 6.07) is 5.21. The lowest BCUT2D eigenvalue weighted by molar-refractivity contribution is 0.0989. The van der Waals surface area contributed by atoms with Gasteiger partial charge in [0.15, 0.2) is 5.78 Å². The lowest BCUT2D eigenvalue weighted by atomic mass is 10.1. The van der Waals surface area contributed by atoms with Crippen molar-refractivity contribution in [1.29, 1.82) is 0 Å². The molecule has 0 amide bonds. The molecule has 2 rings (SSSR count). The molecule has 1 heterocycles. The smallest absolute Gasteiger partial charge is 0.170 e. The lowest BCUT2D eigenvalue weighted by Crippen LogP contribution is -2.10. The maximum Gasteiger partial charge on any atom is 0.170 e. The number of nitrogens with zero attached hydrogens (tertiary/aromatic N) is 2. The van der Waals surface area contributed by atoms with Crippen LogP contribution in [0, 0.1) is 0 Å². The van der Waals surface area contributed by atoms with Crippen LogP contribution < -0.4 is 0 Å². The predicted octanol–water partition coefficient (Wildman–Crippen LogP) is 4.13. The molecule has 0 N–H and O–H groups in total. The molecule has 0 atom stereocenters. The van der Waals surface area contributed by atoms with Crippen LogP contribution in [0.3, 0.4) is 0 Å². The fourth-order valence-electron chi connectivity index (χ4n) is 1.87. The number of carbonyl (C=O) groups excluding carboxylic acids is 1. The van der Waals surface area contributed by atoms with Crippen molar-refractivity contribution < 1.29 is 4.79 Å². The summed E-state index contributed by atoms with van der Waals surface area (Å²) in [7, 11) is 0. The van der Waals surface area contributed by atoms with Crippen LogP contribution in [0.15, 0.2) is 35.1 Å². The van der Waals surface area contributed by atoms with Crippen LogP contribution in [-0.2, 0) is 13.0 Å². The number of imidazole rings is 1. The van der Waals surface area contributed by atoms with Crippen molar-refractivity contribution in [1.82, 2.24) is 9.55 Å². The van der Waals surface area contributed by atoms with E-state index in [9.17, 15) is 4.79 Å². The van der Waals surface area contributed by atoms with E-state index in [0.29, 0.717) is 17.0 Å². The van der Waals surface area contributed by atoms with E-state index in [1.807, 2.05) is 10.8 Å². The van der Waals surface area contributed by atoms with Crippen molar-refractivity contribution >= 4 is 33.3 Å². The van der Waals surface area contributed by atoms with Crippen LogP contribution in [0.5, 0.6) is 0 Å². The topological polar surface area (TPSA) is 34.9 Å². The number of rotatable bonds is 5. The zero-order valence-electron chi connectivity index (χ0n) is 10.6. The minimum atomic E-state index is 0.0425. The Bertz CT molecular complexity index is 595. The molecule has 0 aliphatic carbocycles. The molecule has 0 saturated carbocycles. The summed E-state index contributed by atoms with van der Waals surface area (Å²) in [5, 5.41) is 0.601. The molecular weight excluding hydrogens is 328 g/mol. The summed E-state index contributed by atoms with van der Waals surface area (Å²) >= 11 is 9.25. The monoisotopic (exact) mass is 340 g/mol. The molecule has 0 bridgehead atoms. The maximum absolute atomic E-state index is 12.2. The second-order valence-electron chi connectivity index (χ2n) is 4.27. The average molecular weight is 342 g/mol. The first-order chi connectivity index (χ1) is 9.11. The molecule has 0 spiro atoms. The minimum absolute atomic E-state index is 0.0425. The molecule has 1 aromatic heterocycles. The summed E-state index contributed by atoms with van der Waals surface area (Å²) in [6.07, 6.45) is 4.96. The number of aryl methyl sites for hydroxylation is 1. The number of benzene rings is 1. The van der Waals surface area contributed by atoms with Crippen molar-refractivity contribution in [2.45, 2.75) is 26.3 Å². The Morgan fingerprint density at radius 1 is 1.47 bits per heavy atom. The van der Waals surface area contributed by atoms with E-state index in [0.717, 1.165) is 23.3 Å². The Balaban J connectivity index is 2.16. The zero-order chi connectivity index (χ0) is 13.8. The molecule has 5 heteroatoms. The SMILES string of the molecule is CCCn1ccnc1CC(=O)c1ccc(Cl)c(Br)c1. The fourth-order valence-corrected chi connectivity index (χ4v) is 2.36. The van der Waals surface area contributed by atoms with Crippen molar-refractivity contribution in [2.24, 2.45) is 0 Å². The summed E-state index contributed by atoms with van der Waals surface area (Å²) in [6.45, 7) is 2.98. The van der Waals surface area contributed by atoms with Gasteiger partial charge in [-0.1, -0.05) is 18.5 Å². The Kier molecular flexibility index (Phi) is 4.77. The molecule has 0 aliphatic heterocycles. The standard InChI is InChI=1S/C14H14BrClN2O/c1-2-6-18-7-5-17-14(18)9-13(19)10-3-4-12(16)11(15)8-10/h3-5,7-8H,2,6,9H2,1H3. The lowest BCUT2D eigenvalue weighted by Gasteiger charge is -2.06. The Hall–Kier alpha value is -1.13. The van der Waals surface area contributed by atoms with Gasteiger partial charge in [0.25, 0.3) is 0 Å². The van der Waals surface area contributed by atoms with Crippen molar-refractivity contribution in [3.63, 3.8) is 0 Å². The third kappa shape index (κ3) is 3.45. The van der Waals surface area contributed by atoms with Crippen LogP contribution in [-0.4, -0.2) is 15.3 Å². The predicted molar refractivity (Wildman–Crippen MR) is 79.7 cm³/mol. The number of hydrogen-bond donors (Lipinski definition) is 0. The number of ketones is 1. The van der Waals surface area contributed by atoms with Crippen molar-refractivity contribution in [3.8, 4) is 0 Å². The summed E-state index contributed by atoms with van der Waals surface area (Å²) in [5.74, 6) is 0.846. The highest BCUT2D eigenvalue weighted by molar-refractivity contribution is 9.10. The van der Waals surface area contributed by atoms with E-state index >= 15 is 0 Å². The quantitative estimate of drug-likeness (QED) is 0.766. The van der Waals surface area contributed by atoms with Gasteiger partial charge in [-0.3, -0.25) is 4.79 Å². The highest BCUT2D eigenvalue weighted by Gasteiger charge is 2.12. The first-order valence-corrected chi connectivity index (χ1v) is 7.27. The number of aromatic nitrogens is 2. The highest BCUT2D eigenvalue weighted by Crippen LogP contribution is 2.23. The summed E-state index contributed by atoms with van der Waals surface area (Å²) < 4.78 is 2.75. The zero-order valence-corrected chi connectivity index (χ0v) is 12.9. The van der Waals surface area contributed by atoms with Crippen molar-refractivity contribution in [2.75, 3.05) is 0 Å².